The first-order valence-corrected chi connectivity index (χ1v) is 8.14. The molecule has 0 aromatic heterocycles. The largest absolute Gasteiger partial charge is 0.300 e. The molecule has 0 spiro atoms. The molecule has 1 aliphatic rings. The summed E-state index contributed by atoms with van der Waals surface area (Å²) in [6, 6.07) is 5.09. The number of ketones is 2. The van der Waals surface area contributed by atoms with Crippen LogP contribution in [-0.2, 0) is 9.59 Å². The Labute approximate surface area is 133 Å². The summed E-state index contributed by atoms with van der Waals surface area (Å²) in [6.07, 6.45) is 1.87. The van der Waals surface area contributed by atoms with Crippen molar-refractivity contribution in [3.63, 3.8) is 0 Å². The molecule has 0 bridgehead atoms. The molecule has 0 saturated heterocycles. The highest BCUT2D eigenvalue weighted by atomic mass is 32.2. The maximum atomic E-state index is 12.4. The first kappa shape index (κ1) is 16.4. The van der Waals surface area contributed by atoms with Crippen molar-refractivity contribution >= 4 is 35.1 Å². The van der Waals surface area contributed by atoms with E-state index in [2.05, 4.69) is 0 Å². The van der Waals surface area contributed by atoms with Gasteiger partial charge in [-0.2, -0.15) is 0 Å². The Kier molecular flexibility index (Phi) is 4.81. The highest BCUT2D eigenvalue weighted by molar-refractivity contribution is 7.98. The molecule has 0 aliphatic carbocycles. The molecule has 6 heteroatoms. The molecule has 22 heavy (non-hydrogen) atoms. The molecule has 1 aliphatic heterocycles. The van der Waals surface area contributed by atoms with Crippen molar-refractivity contribution in [1.82, 2.24) is 4.90 Å². The van der Waals surface area contributed by atoms with Crippen molar-refractivity contribution < 1.29 is 19.2 Å². The predicted octanol–water partition coefficient (Wildman–Crippen LogP) is 2.19. The zero-order chi connectivity index (χ0) is 16.4. The summed E-state index contributed by atoms with van der Waals surface area (Å²) in [6.45, 7) is 2.80. The Balaban J connectivity index is 2.18. The number of Topliss-reactive ketones (excluding diaryl/α,β-unsaturated/α-hetero) is 2. The maximum absolute atomic E-state index is 12.4. The van der Waals surface area contributed by atoms with Crippen LogP contribution < -0.4 is 0 Å². The molecule has 0 fully saturated rings. The third-order valence-corrected chi connectivity index (χ3v) is 4.52. The summed E-state index contributed by atoms with van der Waals surface area (Å²) >= 11 is 1.39. The lowest BCUT2D eigenvalue weighted by atomic mass is 10.0. The molecule has 1 aromatic carbocycles. The predicted molar refractivity (Wildman–Crippen MR) is 83.1 cm³/mol. The van der Waals surface area contributed by atoms with E-state index < -0.39 is 17.7 Å². The summed E-state index contributed by atoms with van der Waals surface area (Å²) in [5.41, 5.74) is 0.705. The van der Waals surface area contributed by atoms with Crippen LogP contribution in [0.3, 0.4) is 0 Å². The molecule has 0 N–H and O–H groups in total. The highest BCUT2D eigenvalue weighted by Gasteiger charge is 2.38. The molecule has 1 unspecified atom stereocenters. The minimum absolute atomic E-state index is 0.0398. The zero-order valence-corrected chi connectivity index (χ0v) is 13.5. The summed E-state index contributed by atoms with van der Waals surface area (Å²) in [5.74, 6) is -1.65. The van der Waals surface area contributed by atoms with Crippen LogP contribution >= 0.6 is 11.8 Å². The fourth-order valence-corrected chi connectivity index (χ4v) is 2.96. The average molecular weight is 319 g/mol. The van der Waals surface area contributed by atoms with Gasteiger partial charge in [0.15, 0.2) is 5.78 Å². The normalized spacial score (nSPS) is 15.0. The van der Waals surface area contributed by atoms with Crippen LogP contribution in [0.2, 0.25) is 0 Å². The number of amides is 2. The number of carbonyl (C=O) groups is 4. The van der Waals surface area contributed by atoms with E-state index in [1.54, 1.807) is 25.1 Å². The Bertz CT molecular complexity index is 668. The van der Waals surface area contributed by atoms with E-state index in [0.29, 0.717) is 11.1 Å². The summed E-state index contributed by atoms with van der Waals surface area (Å²) in [7, 11) is 0. The molecule has 2 rings (SSSR count). The van der Waals surface area contributed by atoms with Crippen molar-refractivity contribution in [1.29, 1.82) is 0 Å². The van der Waals surface area contributed by atoms with Gasteiger partial charge in [0.2, 0.25) is 0 Å². The van der Waals surface area contributed by atoms with E-state index in [9.17, 15) is 19.2 Å². The number of rotatable bonds is 6. The van der Waals surface area contributed by atoms with Crippen LogP contribution in [0.1, 0.15) is 41.0 Å². The minimum atomic E-state index is -0.445. The van der Waals surface area contributed by atoms with Gasteiger partial charge in [-0.3, -0.25) is 24.1 Å². The lowest BCUT2D eigenvalue weighted by Crippen LogP contribution is -2.35. The summed E-state index contributed by atoms with van der Waals surface area (Å²) < 4.78 is 0. The lowest BCUT2D eigenvalue weighted by Gasteiger charge is -2.14. The second-order valence-corrected chi connectivity index (χ2v) is 6.18. The standard InChI is InChI=1S/C16H17NO4S/c1-9(10(2)18)7-11(19)8-17-15(20)12-5-4-6-13(22-3)14(12)16(17)21/h4-6,9H,7-8H2,1-3H3. The third-order valence-electron chi connectivity index (χ3n) is 3.74. The minimum Gasteiger partial charge on any atom is -0.300 e. The smallest absolute Gasteiger partial charge is 0.263 e. The molecule has 2 amide bonds. The first-order valence-electron chi connectivity index (χ1n) is 6.92. The Hall–Kier alpha value is -1.95. The topological polar surface area (TPSA) is 71.5 Å². The second-order valence-electron chi connectivity index (χ2n) is 5.33. The van der Waals surface area contributed by atoms with Crippen LogP contribution in [0.5, 0.6) is 0 Å². The Morgan fingerprint density at radius 2 is 1.91 bits per heavy atom. The van der Waals surface area contributed by atoms with Crippen molar-refractivity contribution in [2.45, 2.75) is 25.2 Å². The van der Waals surface area contributed by atoms with Gasteiger partial charge in [-0.25, -0.2) is 0 Å². The van der Waals surface area contributed by atoms with Gasteiger partial charge in [-0.1, -0.05) is 13.0 Å². The fraction of sp³-hybridized carbons (Fsp3) is 0.375. The number of carbonyl (C=O) groups excluding carboxylic acids is 4. The molecule has 1 heterocycles. The van der Waals surface area contributed by atoms with Gasteiger partial charge < -0.3 is 0 Å². The number of fused-ring (bicyclic) bond motifs is 1. The van der Waals surface area contributed by atoms with Crippen molar-refractivity contribution in [2.75, 3.05) is 12.8 Å². The molecule has 0 saturated carbocycles. The summed E-state index contributed by atoms with van der Waals surface area (Å²) in [4.78, 5) is 49.6. The maximum Gasteiger partial charge on any atom is 0.263 e. The fourth-order valence-electron chi connectivity index (χ4n) is 2.34. The van der Waals surface area contributed by atoms with Crippen LogP contribution in [0, 0.1) is 5.92 Å². The Morgan fingerprint density at radius 1 is 1.23 bits per heavy atom. The van der Waals surface area contributed by atoms with Crippen LogP contribution in [0.15, 0.2) is 23.1 Å². The zero-order valence-electron chi connectivity index (χ0n) is 12.7. The van der Waals surface area contributed by atoms with Gasteiger partial charge in [-0.15, -0.1) is 11.8 Å². The summed E-state index contributed by atoms with van der Waals surface area (Å²) in [5, 5.41) is 0. The third kappa shape index (κ3) is 2.97. The highest BCUT2D eigenvalue weighted by Crippen LogP contribution is 2.31. The van der Waals surface area contributed by atoms with Gasteiger partial charge in [0.05, 0.1) is 17.7 Å². The van der Waals surface area contributed by atoms with Gasteiger partial charge >= 0.3 is 0 Å². The van der Waals surface area contributed by atoms with Crippen molar-refractivity contribution in [3.8, 4) is 0 Å². The number of imide groups is 1. The van der Waals surface area contributed by atoms with Crippen LogP contribution in [0.25, 0.3) is 0 Å². The molecular weight excluding hydrogens is 302 g/mol. The first-order chi connectivity index (χ1) is 10.4. The molecule has 116 valence electrons. The van der Waals surface area contributed by atoms with Crippen molar-refractivity contribution in [3.05, 3.63) is 29.3 Å². The van der Waals surface area contributed by atoms with Gasteiger partial charge in [-0.05, 0) is 25.3 Å². The van der Waals surface area contributed by atoms with E-state index in [0.717, 1.165) is 9.80 Å². The van der Waals surface area contributed by atoms with Gasteiger partial charge in [0.1, 0.15) is 5.78 Å². The number of hydrogen-bond acceptors (Lipinski definition) is 5. The molecule has 1 atom stereocenters. The average Bonchev–Trinajstić information content (AvgIpc) is 2.72. The van der Waals surface area contributed by atoms with Gasteiger partial charge in [0, 0.05) is 17.2 Å². The number of nitrogens with zero attached hydrogens (tertiary/aromatic N) is 1. The number of hydrogen-bond donors (Lipinski definition) is 0. The monoisotopic (exact) mass is 319 g/mol. The van der Waals surface area contributed by atoms with E-state index in [1.165, 1.54) is 18.7 Å². The number of benzene rings is 1. The molecular formula is C16H17NO4S. The van der Waals surface area contributed by atoms with Gasteiger partial charge in [0.25, 0.3) is 11.8 Å². The van der Waals surface area contributed by atoms with E-state index in [1.807, 2.05) is 6.26 Å². The molecule has 5 nitrogen and oxygen atoms in total. The lowest BCUT2D eigenvalue weighted by molar-refractivity contribution is -0.126. The second kappa shape index (κ2) is 6.44. The SMILES string of the molecule is CSc1cccc2c1C(=O)N(CC(=O)CC(C)C(C)=O)C2=O. The number of thioether (sulfide) groups is 1. The molecule has 0 radical (unpaired) electrons. The van der Waals surface area contributed by atoms with Crippen molar-refractivity contribution in [2.24, 2.45) is 5.92 Å². The van der Waals surface area contributed by atoms with E-state index in [4.69, 9.17) is 0 Å². The van der Waals surface area contributed by atoms with E-state index >= 15 is 0 Å². The van der Waals surface area contributed by atoms with Crippen LogP contribution in [-0.4, -0.2) is 41.1 Å². The van der Waals surface area contributed by atoms with E-state index in [-0.39, 0.29) is 24.5 Å². The van der Waals surface area contributed by atoms with Crippen LogP contribution in [0.4, 0.5) is 0 Å². The molecule has 1 aromatic rings. The Morgan fingerprint density at radius 3 is 2.50 bits per heavy atom. The quantitative estimate of drug-likeness (QED) is 0.594.